The Balaban J connectivity index is 2.33. The first kappa shape index (κ1) is 13.3. The van der Waals surface area contributed by atoms with Crippen molar-refractivity contribution >= 4 is 0 Å². The van der Waals surface area contributed by atoms with Gasteiger partial charge in [-0.1, -0.05) is 19.8 Å². The summed E-state index contributed by atoms with van der Waals surface area (Å²) in [4.78, 5) is 0. The van der Waals surface area contributed by atoms with Crippen LogP contribution in [-0.4, -0.2) is 10.1 Å². The van der Waals surface area contributed by atoms with Crippen LogP contribution in [0.1, 0.15) is 52.5 Å². The van der Waals surface area contributed by atoms with Crippen molar-refractivity contribution in [1.29, 1.82) is 0 Å². The first-order valence-electron chi connectivity index (χ1n) is 6.41. The molecule has 1 aromatic heterocycles. The van der Waals surface area contributed by atoms with E-state index in [0.717, 1.165) is 13.1 Å². The van der Waals surface area contributed by atoms with Crippen LogP contribution in [0.4, 0.5) is 0 Å². The lowest BCUT2D eigenvalue weighted by Gasteiger charge is -2.19. The molecule has 0 saturated carbocycles. The molecule has 16 heavy (non-hydrogen) atoms. The Morgan fingerprint density at radius 2 is 2.00 bits per heavy atom. The third-order valence-electron chi connectivity index (χ3n) is 2.65. The van der Waals surface area contributed by atoms with Crippen LogP contribution >= 0.6 is 0 Å². The molecule has 0 saturated heterocycles. The second-order valence-corrected chi connectivity index (χ2v) is 5.57. The van der Waals surface area contributed by atoms with E-state index in [-0.39, 0.29) is 5.54 Å². The van der Waals surface area contributed by atoms with E-state index in [4.69, 9.17) is 0 Å². The number of rotatable bonds is 6. The summed E-state index contributed by atoms with van der Waals surface area (Å²) < 4.78 is 2.30. The molecule has 0 atom stereocenters. The van der Waals surface area contributed by atoms with Gasteiger partial charge in [0.05, 0.1) is 0 Å². The second-order valence-electron chi connectivity index (χ2n) is 5.57. The third-order valence-corrected chi connectivity index (χ3v) is 2.65. The molecular weight excluding hydrogens is 196 g/mol. The molecule has 0 fully saturated rings. The van der Waals surface area contributed by atoms with Crippen LogP contribution in [0, 0.1) is 0 Å². The second kappa shape index (κ2) is 6.09. The molecule has 0 aliphatic heterocycles. The van der Waals surface area contributed by atoms with Crippen molar-refractivity contribution in [3.63, 3.8) is 0 Å². The van der Waals surface area contributed by atoms with Crippen LogP contribution in [-0.2, 0) is 13.1 Å². The molecule has 0 aliphatic carbocycles. The van der Waals surface area contributed by atoms with Gasteiger partial charge in [-0.2, -0.15) is 0 Å². The van der Waals surface area contributed by atoms with Crippen LogP contribution in [0.3, 0.4) is 0 Å². The summed E-state index contributed by atoms with van der Waals surface area (Å²) in [6.45, 7) is 11.0. The van der Waals surface area contributed by atoms with Gasteiger partial charge in [-0.05, 0) is 38.8 Å². The molecule has 0 bridgehead atoms. The van der Waals surface area contributed by atoms with Gasteiger partial charge in [0.1, 0.15) is 0 Å². The third kappa shape index (κ3) is 5.36. The summed E-state index contributed by atoms with van der Waals surface area (Å²) in [5.41, 5.74) is 1.58. The highest BCUT2D eigenvalue weighted by atomic mass is 15.0. The molecule has 0 radical (unpaired) electrons. The van der Waals surface area contributed by atoms with Gasteiger partial charge in [0.2, 0.25) is 0 Å². The number of nitrogens with one attached hydrogen (secondary N) is 1. The van der Waals surface area contributed by atoms with E-state index in [1.54, 1.807) is 0 Å². The Bertz CT molecular complexity index is 294. The van der Waals surface area contributed by atoms with Crippen molar-refractivity contribution in [2.24, 2.45) is 0 Å². The van der Waals surface area contributed by atoms with E-state index in [1.807, 2.05) is 0 Å². The summed E-state index contributed by atoms with van der Waals surface area (Å²) in [6.07, 6.45) is 8.36. The Morgan fingerprint density at radius 3 is 2.62 bits per heavy atom. The summed E-state index contributed by atoms with van der Waals surface area (Å²) in [5.74, 6) is 0. The Morgan fingerprint density at radius 1 is 1.25 bits per heavy atom. The number of aryl methyl sites for hydroxylation is 1. The van der Waals surface area contributed by atoms with Crippen molar-refractivity contribution in [1.82, 2.24) is 9.88 Å². The largest absolute Gasteiger partial charge is 0.354 e. The van der Waals surface area contributed by atoms with Gasteiger partial charge in [-0.15, -0.1) is 0 Å². The Labute approximate surface area is 100 Å². The maximum Gasteiger partial charge on any atom is 0.0225 e. The van der Waals surface area contributed by atoms with Gasteiger partial charge in [0.15, 0.2) is 0 Å². The van der Waals surface area contributed by atoms with Crippen LogP contribution in [0.25, 0.3) is 0 Å². The van der Waals surface area contributed by atoms with Crippen molar-refractivity contribution in [3.8, 4) is 0 Å². The molecule has 0 aromatic carbocycles. The summed E-state index contributed by atoms with van der Waals surface area (Å²) in [5, 5.41) is 3.51. The molecule has 1 rings (SSSR count). The minimum atomic E-state index is 0.199. The van der Waals surface area contributed by atoms with E-state index >= 15 is 0 Å². The fourth-order valence-electron chi connectivity index (χ4n) is 1.65. The zero-order valence-electron chi connectivity index (χ0n) is 11.2. The molecular formula is C14H26N2. The van der Waals surface area contributed by atoms with Crippen LogP contribution in [0.2, 0.25) is 0 Å². The van der Waals surface area contributed by atoms with Crippen LogP contribution in [0.15, 0.2) is 18.5 Å². The van der Waals surface area contributed by atoms with Crippen molar-refractivity contribution < 1.29 is 0 Å². The van der Waals surface area contributed by atoms with E-state index in [0.29, 0.717) is 0 Å². The normalized spacial score (nSPS) is 12.0. The van der Waals surface area contributed by atoms with Gasteiger partial charge < -0.3 is 9.88 Å². The fourth-order valence-corrected chi connectivity index (χ4v) is 1.65. The van der Waals surface area contributed by atoms with Gasteiger partial charge in [0, 0.05) is 31.0 Å². The molecule has 0 aliphatic rings. The molecule has 2 heteroatoms. The monoisotopic (exact) mass is 222 g/mol. The standard InChI is InChI=1S/C14H26N2/c1-5-6-7-9-16-10-8-13(12-16)11-15-14(2,3)4/h8,10,12,15H,5-7,9,11H2,1-4H3. The maximum absolute atomic E-state index is 3.51. The molecule has 1 N–H and O–H groups in total. The van der Waals surface area contributed by atoms with Crippen molar-refractivity contribution in [2.45, 2.75) is 65.6 Å². The summed E-state index contributed by atoms with van der Waals surface area (Å²) in [6, 6.07) is 2.21. The first-order chi connectivity index (χ1) is 7.51. The lowest BCUT2D eigenvalue weighted by molar-refractivity contribution is 0.424. The molecule has 2 nitrogen and oxygen atoms in total. The number of hydrogen-bond donors (Lipinski definition) is 1. The van der Waals surface area contributed by atoms with E-state index < -0.39 is 0 Å². The van der Waals surface area contributed by atoms with Gasteiger partial charge >= 0.3 is 0 Å². The van der Waals surface area contributed by atoms with Crippen molar-refractivity contribution in [2.75, 3.05) is 0 Å². The van der Waals surface area contributed by atoms with Gasteiger partial charge in [0.25, 0.3) is 0 Å². The number of nitrogens with zero attached hydrogens (tertiary/aromatic N) is 1. The predicted molar refractivity (Wildman–Crippen MR) is 70.5 cm³/mol. The Kier molecular flexibility index (Phi) is 5.07. The zero-order valence-corrected chi connectivity index (χ0v) is 11.2. The molecule has 1 heterocycles. The highest BCUT2D eigenvalue weighted by Crippen LogP contribution is 2.07. The number of aromatic nitrogens is 1. The zero-order chi connectivity index (χ0) is 12.0. The molecule has 0 unspecified atom stereocenters. The van der Waals surface area contributed by atoms with Gasteiger partial charge in [-0.25, -0.2) is 0 Å². The van der Waals surface area contributed by atoms with Crippen molar-refractivity contribution in [3.05, 3.63) is 24.0 Å². The van der Waals surface area contributed by atoms with Crippen LogP contribution < -0.4 is 5.32 Å². The first-order valence-corrected chi connectivity index (χ1v) is 6.41. The average Bonchev–Trinajstić information content (AvgIpc) is 2.62. The topological polar surface area (TPSA) is 17.0 Å². The Hall–Kier alpha value is -0.760. The maximum atomic E-state index is 3.51. The summed E-state index contributed by atoms with van der Waals surface area (Å²) in [7, 11) is 0. The molecule has 92 valence electrons. The number of hydrogen-bond acceptors (Lipinski definition) is 1. The van der Waals surface area contributed by atoms with Crippen LogP contribution in [0.5, 0.6) is 0 Å². The molecule has 0 spiro atoms. The van der Waals surface area contributed by atoms with E-state index in [2.05, 4.69) is 56.0 Å². The number of unbranched alkanes of at least 4 members (excludes halogenated alkanes) is 2. The lowest BCUT2D eigenvalue weighted by Crippen LogP contribution is -2.34. The molecule has 0 amide bonds. The lowest BCUT2D eigenvalue weighted by atomic mass is 10.1. The minimum Gasteiger partial charge on any atom is -0.354 e. The SMILES string of the molecule is CCCCCn1ccc(CNC(C)(C)C)c1. The summed E-state index contributed by atoms with van der Waals surface area (Å²) >= 11 is 0. The highest BCUT2D eigenvalue weighted by molar-refractivity contribution is 5.10. The fraction of sp³-hybridized carbons (Fsp3) is 0.714. The average molecular weight is 222 g/mol. The molecule has 1 aromatic rings. The van der Waals surface area contributed by atoms with Gasteiger partial charge in [-0.3, -0.25) is 0 Å². The highest BCUT2D eigenvalue weighted by Gasteiger charge is 2.08. The van der Waals surface area contributed by atoms with E-state index in [9.17, 15) is 0 Å². The minimum absolute atomic E-state index is 0.199. The van der Waals surface area contributed by atoms with E-state index in [1.165, 1.54) is 24.8 Å². The predicted octanol–water partition coefficient (Wildman–Crippen LogP) is 3.57. The smallest absolute Gasteiger partial charge is 0.0225 e. The quantitative estimate of drug-likeness (QED) is 0.728.